The molecule has 0 bridgehead atoms. The molecule has 62 heavy (non-hydrogen) atoms. The van der Waals surface area contributed by atoms with Crippen molar-refractivity contribution in [3.05, 3.63) is 119 Å². The standard InChI is InChI=1S/C44H60N6O8S4/c1-37-7-15-41(16-8-37)59(51,52)47-29-25-45(26-30-48(34-33-47)60(53,54)42-17-9-38(2)10-18-42)23-5-6-24-46-27-31-49(61(55,56)43-19-11-39(3)12-20-43)35-36-50(32-28-46)62(57,58)44-21-13-40(4)14-22-44/h7-22H,5-6,23-36H2,1-4H3. The molecule has 0 amide bonds. The summed E-state index contributed by atoms with van der Waals surface area (Å²) < 4.78 is 117. The van der Waals surface area contributed by atoms with Crippen LogP contribution in [0.3, 0.4) is 0 Å². The van der Waals surface area contributed by atoms with Crippen molar-refractivity contribution in [3.8, 4) is 0 Å². The van der Waals surface area contributed by atoms with Gasteiger partial charge in [-0.25, -0.2) is 33.7 Å². The largest absolute Gasteiger partial charge is 0.301 e. The molecule has 4 aromatic rings. The number of sulfonamides is 4. The summed E-state index contributed by atoms with van der Waals surface area (Å²) in [5.74, 6) is 0. The fourth-order valence-electron chi connectivity index (χ4n) is 7.65. The van der Waals surface area contributed by atoms with Gasteiger partial charge in [0.25, 0.3) is 0 Å². The van der Waals surface area contributed by atoms with Crippen LogP contribution in [0.1, 0.15) is 35.1 Å². The first kappa shape index (κ1) is 47.9. The summed E-state index contributed by atoms with van der Waals surface area (Å²) in [6.07, 6.45) is 1.37. The lowest BCUT2D eigenvalue weighted by atomic mass is 10.2. The van der Waals surface area contributed by atoms with Crippen LogP contribution in [0, 0.1) is 27.7 Å². The Balaban J connectivity index is 1.17. The maximum atomic E-state index is 14.0. The highest BCUT2D eigenvalue weighted by Crippen LogP contribution is 2.23. The van der Waals surface area contributed by atoms with E-state index in [2.05, 4.69) is 9.80 Å². The Bertz CT molecular complexity index is 2200. The van der Waals surface area contributed by atoms with Crippen LogP contribution in [0.25, 0.3) is 0 Å². The molecule has 2 heterocycles. The third-order valence-corrected chi connectivity index (χ3v) is 19.3. The first-order chi connectivity index (χ1) is 29.4. The van der Waals surface area contributed by atoms with E-state index in [1.807, 2.05) is 27.7 Å². The minimum atomic E-state index is -3.93. The van der Waals surface area contributed by atoms with E-state index in [4.69, 9.17) is 0 Å². The zero-order valence-corrected chi connectivity index (χ0v) is 39.4. The van der Waals surface area contributed by atoms with Crippen LogP contribution in [0.15, 0.2) is 117 Å². The van der Waals surface area contributed by atoms with Gasteiger partial charge in [-0.15, -0.1) is 0 Å². The molecule has 0 spiro atoms. The van der Waals surface area contributed by atoms with Gasteiger partial charge in [0.15, 0.2) is 0 Å². The van der Waals surface area contributed by atoms with Gasteiger partial charge in [0, 0.05) is 78.5 Å². The molecule has 0 N–H and O–H groups in total. The first-order valence-corrected chi connectivity index (χ1v) is 26.9. The van der Waals surface area contributed by atoms with Gasteiger partial charge < -0.3 is 9.80 Å². The van der Waals surface area contributed by atoms with Crippen LogP contribution in [0.4, 0.5) is 0 Å². The smallest absolute Gasteiger partial charge is 0.243 e. The molecule has 338 valence electrons. The van der Waals surface area contributed by atoms with Crippen LogP contribution >= 0.6 is 0 Å². The monoisotopic (exact) mass is 928 g/mol. The Morgan fingerprint density at radius 1 is 0.306 bits per heavy atom. The van der Waals surface area contributed by atoms with Crippen molar-refractivity contribution < 1.29 is 33.7 Å². The molecular formula is C44H60N6O8S4. The van der Waals surface area contributed by atoms with Gasteiger partial charge in [-0.3, -0.25) is 0 Å². The Hall–Kier alpha value is -3.56. The van der Waals surface area contributed by atoms with Crippen LogP contribution in [-0.4, -0.2) is 152 Å². The summed E-state index contributed by atoms with van der Waals surface area (Å²) in [7, 11) is -15.7. The Morgan fingerprint density at radius 2 is 0.484 bits per heavy atom. The van der Waals surface area contributed by atoms with Gasteiger partial charge in [0.1, 0.15) is 0 Å². The average Bonchev–Trinajstić information content (AvgIpc) is 3.42. The topological polar surface area (TPSA) is 156 Å². The molecule has 2 fully saturated rings. The first-order valence-electron chi connectivity index (χ1n) is 21.1. The predicted octanol–water partition coefficient (Wildman–Crippen LogP) is 4.40. The number of hydrogen-bond acceptors (Lipinski definition) is 10. The summed E-state index contributed by atoms with van der Waals surface area (Å²) in [5, 5.41) is 0. The van der Waals surface area contributed by atoms with Crippen molar-refractivity contribution in [3.63, 3.8) is 0 Å². The number of unbranched alkanes of at least 4 members (excludes halogenated alkanes) is 1. The molecule has 0 atom stereocenters. The molecule has 2 saturated heterocycles. The van der Waals surface area contributed by atoms with Crippen molar-refractivity contribution >= 4 is 40.1 Å². The van der Waals surface area contributed by atoms with Gasteiger partial charge in [0.2, 0.25) is 40.1 Å². The number of aryl methyl sites for hydroxylation is 4. The zero-order chi connectivity index (χ0) is 44.7. The van der Waals surface area contributed by atoms with Crippen LogP contribution in [0.5, 0.6) is 0 Å². The Morgan fingerprint density at radius 3 is 0.677 bits per heavy atom. The average molecular weight is 929 g/mol. The van der Waals surface area contributed by atoms with E-state index in [9.17, 15) is 33.7 Å². The second kappa shape index (κ2) is 20.5. The van der Waals surface area contributed by atoms with Crippen molar-refractivity contribution in [2.75, 3.05) is 91.6 Å². The van der Waals surface area contributed by atoms with E-state index in [1.54, 1.807) is 97.1 Å². The number of hydrogen-bond donors (Lipinski definition) is 0. The van der Waals surface area contributed by atoms with E-state index in [1.165, 1.54) is 17.2 Å². The van der Waals surface area contributed by atoms with E-state index in [-0.39, 0.29) is 71.9 Å². The summed E-state index contributed by atoms with van der Waals surface area (Å²) in [4.78, 5) is 4.82. The van der Waals surface area contributed by atoms with E-state index in [0.717, 1.165) is 22.3 Å². The third kappa shape index (κ3) is 11.8. The van der Waals surface area contributed by atoms with E-state index in [0.29, 0.717) is 52.1 Å². The quantitative estimate of drug-likeness (QED) is 0.176. The minimum absolute atomic E-state index is 0.00258. The molecule has 0 unspecified atom stereocenters. The lowest BCUT2D eigenvalue weighted by molar-refractivity contribution is 0.225. The summed E-state index contributed by atoms with van der Waals surface area (Å²) in [5.41, 5.74) is 3.71. The molecule has 0 saturated carbocycles. The molecule has 6 rings (SSSR count). The van der Waals surface area contributed by atoms with Crippen LogP contribution in [0.2, 0.25) is 0 Å². The summed E-state index contributed by atoms with van der Waals surface area (Å²) in [6.45, 7) is 10.9. The molecular weight excluding hydrogens is 869 g/mol. The lowest BCUT2D eigenvalue weighted by Gasteiger charge is -2.27. The van der Waals surface area contributed by atoms with Gasteiger partial charge in [0.05, 0.1) is 19.6 Å². The molecule has 4 aromatic carbocycles. The Labute approximate surface area is 369 Å². The maximum absolute atomic E-state index is 14.0. The molecule has 2 aliphatic heterocycles. The highest BCUT2D eigenvalue weighted by molar-refractivity contribution is 7.90. The second-order valence-electron chi connectivity index (χ2n) is 16.3. The maximum Gasteiger partial charge on any atom is 0.243 e. The molecule has 2 aliphatic rings. The molecule has 0 aromatic heterocycles. The van der Waals surface area contributed by atoms with Gasteiger partial charge in [-0.1, -0.05) is 70.8 Å². The highest BCUT2D eigenvalue weighted by atomic mass is 32.2. The minimum Gasteiger partial charge on any atom is -0.301 e. The normalized spacial score (nSPS) is 18.6. The third-order valence-electron chi connectivity index (χ3n) is 11.7. The van der Waals surface area contributed by atoms with Crippen molar-refractivity contribution in [1.29, 1.82) is 0 Å². The SMILES string of the molecule is Cc1ccc(S(=O)(=O)N2CCN(CCCCN3CCN(S(=O)(=O)c4ccc(C)cc4)CCN(S(=O)(=O)c4ccc(C)cc4)CC3)CCN(S(=O)(=O)c3ccc(C)cc3)CC2)cc1. The van der Waals surface area contributed by atoms with Crippen molar-refractivity contribution in [1.82, 2.24) is 27.0 Å². The fourth-order valence-corrected chi connectivity index (χ4v) is 13.3. The van der Waals surface area contributed by atoms with Crippen LogP contribution in [-0.2, 0) is 40.1 Å². The summed E-state index contributed by atoms with van der Waals surface area (Å²) in [6, 6.07) is 26.6. The zero-order valence-electron chi connectivity index (χ0n) is 36.1. The highest BCUT2D eigenvalue weighted by Gasteiger charge is 2.33. The van der Waals surface area contributed by atoms with Crippen LogP contribution < -0.4 is 0 Å². The molecule has 0 aliphatic carbocycles. The predicted molar refractivity (Wildman–Crippen MR) is 242 cm³/mol. The number of nitrogens with zero attached hydrogens (tertiary/aromatic N) is 6. The van der Waals surface area contributed by atoms with E-state index >= 15 is 0 Å². The van der Waals surface area contributed by atoms with E-state index < -0.39 is 40.1 Å². The van der Waals surface area contributed by atoms with Gasteiger partial charge in [-0.05, 0) is 102 Å². The van der Waals surface area contributed by atoms with Crippen molar-refractivity contribution in [2.45, 2.75) is 60.1 Å². The fraction of sp³-hybridized carbons (Fsp3) is 0.455. The number of rotatable bonds is 13. The number of benzene rings is 4. The lowest BCUT2D eigenvalue weighted by Crippen LogP contribution is -2.41. The summed E-state index contributed by atoms with van der Waals surface area (Å²) >= 11 is 0. The molecule has 0 radical (unpaired) electrons. The Kier molecular flexibility index (Phi) is 15.9. The van der Waals surface area contributed by atoms with Gasteiger partial charge in [-0.2, -0.15) is 17.2 Å². The van der Waals surface area contributed by atoms with Crippen molar-refractivity contribution in [2.24, 2.45) is 0 Å². The van der Waals surface area contributed by atoms with Gasteiger partial charge >= 0.3 is 0 Å². The molecule has 18 heteroatoms. The molecule has 14 nitrogen and oxygen atoms in total. The second-order valence-corrected chi connectivity index (χ2v) is 24.0.